The highest BCUT2D eigenvalue weighted by molar-refractivity contribution is 5.52. The lowest BCUT2D eigenvalue weighted by atomic mass is 10.3. The summed E-state index contributed by atoms with van der Waals surface area (Å²) in [6, 6.07) is 2.97. The Balaban J connectivity index is 2.36. The standard InChI is InChI=1S/C11H9FN4O4/c1-19-9-10(13)14-5-15-11(9)20-8-3-2-6(16(17)18)4-7(8)12/h2-5H,1H3,(H2,13,14,15). The number of rotatable bonds is 4. The second-order valence-corrected chi connectivity index (χ2v) is 3.57. The number of anilines is 1. The Morgan fingerprint density at radius 1 is 1.40 bits per heavy atom. The van der Waals surface area contributed by atoms with Crippen molar-refractivity contribution in [3.05, 3.63) is 40.5 Å². The number of non-ortho nitro benzene ring substituents is 1. The van der Waals surface area contributed by atoms with E-state index in [0.29, 0.717) is 0 Å². The van der Waals surface area contributed by atoms with E-state index < -0.39 is 10.7 Å². The molecule has 2 N–H and O–H groups in total. The van der Waals surface area contributed by atoms with Gasteiger partial charge in [0.05, 0.1) is 18.1 Å². The van der Waals surface area contributed by atoms with Crippen LogP contribution in [-0.2, 0) is 0 Å². The number of nitrogen functional groups attached to an aromatic ring is 1. The molecule has 9 heteroatoms. The normalized spacial score (nSPS) is 10.1. The van der Waals surface area contributed by atoms with Crippen LogP contribution in [0.1, 0.15) is 0 Å². The van der Waals surface area contributed by atoms with Crippen molar-refractivity contribution in [2.24, 2.45) is 0 Å². The zero-order valence-corrected chi connectivity index (χ0v) is 10.2. The molecule has 0 unspecified atom stereocenters. The van der Waals surface area contributed by atoms with Gasteiger partial charge in [-0.05, 0) is 6.07 Å². The fourth-order valence-electron chi connectivity index (χ4n) is 1.43. The van der Waals surface area contributed by atoms with Gasteiger partial charge in [-0.25, -0.2) is 9.37 Å². The lowest BCUT2D eigenvalue weighted by molar-refractivity contribution is -0.385. The Kier molecular flexibility index (Phi) is 3.60. The van der Waals surface area contributed by atoms with E-state index in [1.54, 1.807) is 0 Å². The summed E-state index contributed by atoms with van der Waals surface area (Å²) in [7, 11) is 1.33. The average molecular weight is 280 g/mol. The summed E-state index contributed by atoms with van der Waals surface area (Å²) in [4.78, 5) is 17.3. The summed E-state index contributed by atoms with van der Waals surface area (Å²) >= 11 is 0. The molecule has 0 aliphatic carbocycles. The Morgan fingerprint density at radius 3 is 2.75 bits per heavy atom. The molecule has 20 heavy (non-hydrogen) atoms. The summed E-state index contributed by atoms with van der Waals surface area (Å²) in [5.74, 6) is -1.16. The van der Waals surface area contributed by atoms with Gasteiger partial charge in [0.2, 0.25) is 5.75 Å². The molecule has 8 nitrogen and oxygen atoms in total. The van der Waals surface area contributed by atoms with Crippen molar-refractivity contribution in [3.63, 3.8) is 0 Å². The molecule has 1 aromatic carbocycles. The lowest BCUT2D eigenvalue weighted by Gasteiger charge is -2.10. The first-order valence-electron chi connectivity index (χ1n) is 5.29. The van der Waals surface area contributed by atoms with Crippen LogP contribution >= 0.6 is 0 Å². The number of nitrogens with two attached hydrogens (primary N) is 1. The molecule has 0 saturated carbocycles. The Labute approximate surface area is 112 Å². The molecule has 0 atom stereocenters. The van der Waals surface area contributed by atoms with Gasteiger partial charge in [0.15, 0.2) is 17.4 Å². The fraction of sp³-hybridized carbons (Fsp3) is 0.0909. The van der Waals surface area contributed by atoms with Crippen LogP contribution in [0.4, 0.5) is 15.9 Å². The smallest absolute Gasteiger partial charge is 0.272 e. The molecule has 0 aliphatic rings. The molecule has 0 aliphatic heterocycles. The number of methoxy groups -OCH3 is 1. The Bertz CT molecular complexity index is 665. The number of nitro benzene ring substituents is 1. The van der Waals surface area contributed by atoms with Crippen molar-refractivity contribution in [3.8, 4) is 17.4 Å². The minimum Gasteiger partial charge on any atom is -0.489 e. The first-order valence-corrected chi connectivity index (χ1v) is 5.29. The van der Waals surface area contributed by atoms with Gasteiger partial charge in [-0.2, -0.15) is 4.98 Å². The summed E-state index contributed by atoms with van der Waals surface area (Å²) in [5.41, 5.74) is 5.16. The van der Waals surface area contributed by atoms with Gasteiger partial charge >= 0.3 is 0 Å². The van der Waals surface area contributed by atoms with E-state index in [9.17, 15) is 14.5 Å². The third-order valence-electron chi connectivity index (χ3n) is 2.34. The van der Waals surface area contributed by atoms with E-state index >= 15 is 0 Å². The third kappa shape index (κ3) is 2.55. The van der Waals surface area contributed by atoms with Crippen LogP contribution in [0.2, 0.25) is 0 Å². The van der Waals surface area contributed by atoms with E-state index in [4.69, 9.17) is 15.2 Å². The van der Waals surface area contributed by atoms with Crippen molar-refractivity contribution < 1.29 is 18.8 Å². The van der Waals surface area contributed by atoms with Crippen LogP contribution in [0.15, 0.2) is 24.5 Å². The van der Waals surface area contributed by atoms with Gasteiger partial charge in [0, 0.05) is 6.07 Å². The molecule has 0 amide bonds. The second-order valence-electron chi connectivity index (χ2n) is 3.57. The van der Waals surface area contributed by atoms with Gasteiger partial charge in [-0.1, -0.05) is 0 Å². The van der Waals surface area contributed by atoms with Crippen LogP contribution < -0.4 is 15.2 Å². The van der Waals surface area contributed by atoms with Crippen LogP contribution in [0.5, 0.6) is 17.4 Å². The topological polar surface area (TPSA) is 113 Å². The van der Waals surface area contributed by atoms with Gasteiger partial charge in [-0.15, -0.1) is 0 Å². The minimum atomic E-state index is -0.904. The summed E-state index contributed by atoms with van der Waals surface area (Å²) in [6.07, 6.45) is 1.12. The highest BCUT2D eigenvalue weighted by Gasteiger charge is 2.16. The number of nitrogens with zero attached hydrogens (tertiary/aromatic N) is 3. The van der Waals surface area contributed by atoms with Crippen molar-refractivity contribution in [2.45, 2.75) is 0 Å². The van der Waals surface area contributed by atoms with E-state index in [1.165, 1.54) is 7.11 Å². The predicted molar refractivity (Wildman–Crippen MR) is 66.1 cm³/mol. The predicted octanol–water partition coefficient (Wildman–Crippen LogP) is 1.91. The lowest BCUT2D eigenvalue weighted by Crippen LogP contribution is -2.01. The van der Waals surface area contributed by atoms with E-state index in [0.717, 1.165) is 24.5 Å². The zero-order valence-electron chi connectivity index (χ0n) is 10.2. The molecule has 2 aromatic rings. The fourth-order valence-corrected chi connectivity index (χ4v) is 1.43. The van der Waals surface area contributed by atoms with Gasteiger partial charge in [0.25, 0.3) is 11.6 Å². The largest absolute Gasteiger partial charge is 0.489 e. The van der Waals surface area contributed by atoms with E-state index in [-0.39, 0.29) is 28.9 Å². The zero-order chi connectivity index (χ0) is 14.7. The number of benzene rings is 1. The average Bonchev–Trinajstić information content (AvgIpc) is 2.41. The van der Waals surface area contributed by atoms with E-state index in [2.05, 4.69) is 9.97 Å². The minimum absolute atomic E-state index is 0.0276. The second kappa shape index (κ2) is 5.34. The summed E-state index contributed by atoms with van der Waals surface area (Å²) in [6.45, 7) is 0. The molecule has 1 heterocycles. The van der Waals surface area contributed by atoms with Crippen molar-refractivity contribution in [2.75, 3.05) is 12.8 Å². The molecule has 0 bridgehead atoms. The Morgan fingerprint density at radius 2 is 2.15 bits per heavy atom. The number of nitro groups is 1. The maximum atomic E-state index is 13.7. The van der Waals surface area contributed by atoms with Crippen LogP contribution in [-0.4, -0.2) is 22.0 Å². The molecular weight excluding hydrogens is 271 g/mol. The molecule has 1 aromatic heterocycles. The SMILES string of the molecule is COc1c(N)ncnc1Oc1ccc([N+](=O)[O-])cc1F. The maximum Gasteiger partial charge on any atom is 0.272 e. The van der Waals surface area contributed by atoms with Gasteiger partial charge in [-0.3, -0.25) is 10.1 Å². The number of ether oxygens (including phenoxy) is 2. The number of hydrogen-bond donors (Lipinski definition) is 1. The monoisotopic (exact) mass is 280 g/mol. The van der Waals surface area contributed by atoms with Crippen molar-refractivity contribution in [1.29, 1.82) is 0 Å². The number of hydrogen-bond acceptors (Lipinski definition) is 7. The third-order valence-corrected chi connectivity index (χ3v) is 2.34. The quantitative estimate of drug-likeness (QED) is 0.672. The maximum absolute atomic E-state index is 13.7. The Hall–Kier alpha value is -2.97. The van der Waals surface area contributed by atoms with Crippen LogP contribution in [0, 0.1) is 15.9 Å². The molecule has 0 radical (unpaired) electrons. The summed E-state index contributed by atoms with van der Waals surface area (Å²) < 4.78 is 23.8. The highest BCUT2D eigenvalue weighted by atomic mass is 19.1. The van der Waals surface area contributed by atoms with Crippen molar-refractivity contribution in [1.82, 2.24) is 9.97 Å². The molecule has 0 fully saturated rings. The van der Waals surface area contributed by atoms with Crippen LogP contribution in [0.25, 0.3) is 0 Å². The summed E-state index contributed by atoms with van der Waals surface area (Å²) in [5, 5.41) is 10.5. The highest BCUT2D eigenvalue weighted by Crippen LogP contribution is 2.34. The molecule has 0 spiro atoms. The van der Waals surface area contributed by atoms with Crippen LogP contribution in [0.3, 0.4) is 0 Å². The molecular formula is C11H9FN4O4. The van der Waals surface area contributed by atoms with Gasteiger partial charge in [0.1, 0.15) is 6.33 Å². The number of aromatic nitrogens is 2. The number of halogens is 1. The first-order chi connectivity index (χ1) is 9.52. The van der Waals surface area contributed by atoms with Crippen molar-refractivity contribution >= 4 is 11.5 Å². The van der Waals surface area contributed by atoms with Gasteiger partial charge < -0.3 is 15.2 Å². The molecule has 104 valence electrons. The first kappa shape index (κ1) is 13.5. The molecule has 0 saturated heterocycles. The van der Waals surface area contributed by atoms with E-state index in [1.807, 2.05) is 0 Å². The molecule has 2 rings (SSSR count).